The van der Waals surface area contributed by atoms with Gasteiger partial charge in [0.2, 0.25) is 0 Å². The van der Waals surface area contributed by atoms with Gasteiger partial charge in [-0.15, -0.1) is 0 Å². The molecular formula is C29H46N2O9. The Bertz CT molecular complexity index is 938. The maximum Gasteiger partial charge on any atom is 0.507 e. The van der Waals surface area contributed by atoms with Crippen LogP contribution in [0.4, 0.5) is 9.59 Å². The summed E-state index contributed by atoms with van der Waals surface area (Å²) in [5, 5.41) is 21.7. The molecule has 0 bridgehead atoms. The first-order valence-electron chi connectivity index (χ1n) is 13.8. The van der Waals surface area contributed by atoms with Crippen molar-refractivity contribution in [3.8, 4) is 0 Å². The van der Waals surface area contributed by atoms with Crippen LogP contribution in [0.15, 0.2) is 36.0 Å². The van der Waals surface area contributed by atoms with E-state index in [-0.39, 0.29) is 37.7 Å². The van der Waals surface area contributed by atoms with Crippen LogP contribution in [-0.2, 0) is 23.7 Å². The molecule has 2 rings (SSSR count). The number of rotatable bonds is 6. The fourth-order valence-corrected chi connectivity index (χ4v) is 4.43. The third-order valence-corrected chi connectivity index (χ3v) is 7.19. The Labute approximate surface area is 237 Å². The van der Waals surface area contributed by atoms with Crippen LogP contribution in [0.2, 0.25) is 0 Å². The number of likely N-dealkylation sites (N-methyl/N-ethyl adjacent to an activating group) is 1. The van der Waals surface area contributed by atoms with Crippen LogP contribution in [0.3, 0.4) is 0 Å². The number of esters is 1. The predicted molar refractivity (Wildman–Crippen MR) is 148 cm³/mol. The highest BCUT2D eigenvalue weighted by Gasteiger charge is 2.36. The minimum atomic E-state index is -1.46. The first-order valence-corrected chi connectivity index (χ1v) is 13.8. The minimum absolute atomic E-state index is 0.0764. The summed E-state index contributed by atoms with van der Waals surface area (Å²) in [7, 11) is 3.24. The van der Waals surface area contributed by atoms with Gasteiger partial charge in [0, 0.05) is 38.0 Å². The Kier molecular flexibility index (Phi) is 13.1. The number of carbonyl (C=O) groups excluding carboxylic acids is 3. The molecule has 1 amide bonds. The largest absolute Gasteiger partial charge is 0.507 e. The van der Waals surface area contributed by atoms with Gasteiger partial charge in [-0.1, -0.05) is 38.2 Å². The smallest absolute Gasteiger partial charge is 0.457 e. The van der Waals surface area contributed by atoms with Crippen LogP contribution >= 0.6 is 0 Å². The van der Waals surface area contributed by atoms with Gasteiger partial charge in [0.1, 0.15) is 18.3 Å². The molecule has 226 valence electrons. The zero-order valence-electron chi connectivity index (χ0n) is 24.6. The Morgan fingerprint density at radius 3 is 2.58 bits per heavy atom. The summed E-state index contributed by atoms with van der Waals surface area (Å²) < 4.78 is 21.0. The number of hydrogen-bond donors (Lipinski definition) is 2. The Hall–Kier alpha value is -2.89. The number of aliphatic hydroxyl groups is 2. The van der Waals surface area contributed by atoms with E-state index in [1.165, 1.54) is 7.11 Å². The molecule has 40 heavy (non-hydrogen) atoms. The molecule has 1 fully saturated rings. The number of hydrogen-bond acceptors (Lipinski definition) is 10. The highest BCUT2D eigenvalue weighted by Crippen LogP contribution is 2.27. The van der Waals surface area contributed by atoms with Crippen molar-refractivity contribution in [2.45, 2.75) is 70.9 Å². The molecule has 0 saturated carbocycles. The number of piperazine rings is 1. The third-order valence-electron chi connectivity index (χ3n) is 7.19. The molecule has 2 N–H and O–H groups in total. The quantitative estimate of drug-likeness (QED) is 0.214. The van der Waals surface area contributed by atoms with Crippen molar-refractivity contribution in [2.75, 3.05) is 46.9 Å². The fourth-order valence-electron chi connectivity index (χ4n) is 4.43. The van der Waals surface area contributed by atoms with Crippen LogP contribution in [-0.4, -0.2) is 109 Å². The van der Waals surface area contributed by atoms with Gasteiger partial charge >= 0.3 is 18.2 Å². The topological polar surface area (TPSA) is 135 Å². The first kappa shape index (κ1) is 33.3. The molecule has 0 spiro atoms. The summed E-state index contributed by atoms with van der Waals surface area (Å²) in [5.41, 5.74) is -0.722. The summed E-state index contributed by atoms with van der Waals surface area (Å²) in [6.45, 7) is 9.82. The van der Waals surface area contributed by atoms with Gasteiger partial charge in [-0.05, 0) is 45.4 Å². The highest BCUT2D eigenvalue weighted by molar-refractivity contribution is 5.70. The Morgan fingerprint density at radius 1 is 1.25 bits per heavy atom. The van der Waals surface area contributed by atoms with Gasteiger partial charge in [0.25, 0.3) is 0 Å². The average Bonchev–Trinajstić information content (AvgIpc) is 2.90. The van der Waals surface area contributed by atoms with Gasteiger partial charge in [-0.3, -0.25) is 4.79 Å². The van der Waals surface area contributed by atoms with Crippen LogP contribution in [0.5, 0.6) is 0 Å². The lowest BCUT2D eigenvalue weighted by Crippen LogP contribution is -2.50. The van der Waals surface area contributed by atoms with Gasteiger partial charge < -0.3 is 39.0 Å². The molecule has 1 saturated heterocycles. The van der Waals surface area contributed by atoms with Crippen LogP contribution in [0.25, 0.3) is 0 Å². The van der Waals surface area contributed by atoms with E-state index in [1.807, 2.05) is 33.9 Å². The van der Waals surface area contributed by atoms with Gasteiger partial charge in [0.15, 0.2) is 6.10 Å². The van der Waals surface area contributed by atoms with Crippen molar-refractivity contribution in [1.29, 1.82) is 0 Å². The van der Waals surface area contributed by atoms with Crippen molar-refractivity contribution in [3.63, 3.8) is 0 Å². The summed E-state index contributed by atoms with van der Waals surface area (Å²) in [5.74, 6) is -0.967. The maximum atomic E-state index is 12.9. The minimum Gasteiger partial charge on any atom is -0.457 e. The van der Waals surface area contributed by atoms with Crippen molar-refractivity contribution in [1.82, 2.24) is 9.80 Å². The van der Waals surface area contributed by atoms with E-state index < -0.39 is 42.1 Å². The normalized spacial score (nSPS) is 30.9. The van der Waals surface area contributed by atoms with Crippen LogP contribution < -0.4 is 0 Å². The molecule has 11 nitrogen and oxygen atoms in total. The molecule has 6 atom stereocenters. The molecule has 0 radical (unpaired) electrons. The van der Waals surface area contributed by atoms with Crippen LogP contribution in [0, 0.1) is 11.8 Å². The molecule has 0 aromatic heterocycles. The van der Waals surface area contributed by atoms with E-state index in [2.05, 4.69) is 9.64 Å². The number of carbonyl (C=O) groups is 3. The SMILES string of the molecule is COC(=O)OC[C@@H](C)/C=C/C=C(\C)[C@H]1OC(=O)C[C@@H](O)CC[C@](C)(O)[C@@H](OC(=O)N2CCN(C)CC2)/C=C/[C@@H]1C. The lowest BCUT2D eigenvalue weighted by Gasteiger charge is -2.36. The van der Waals surface area contributed by atoms with Crippen LogP contribution in [0.1, 0.15) is 47.0 Å². The Balaban J connectivity index is 2.23. The molecule has 0 unspecified atom stereocenters. The van der Waals surface area contributed by atoms with E-state index in [1.54, 1.807) is 36.1 Å². The average molecular weight is 567 g/mol. The second-order valence-electron chi connectivity index (χ2n) is 11.0. The number of cyclic esters (lactones) is 1. The van der Waals surface area contributed by atoms with Crippen molar-refractivity contribution in [2.24, 2.45) is 11.8 Å². The lowest BCUT2D eigenvalue weighted by molar-refractivity contribution is -0.151. The standard InChI is InChI=1S/C29H46N2O9/c1-20(19-38-28(35)37-6)8-7-9-21(2)26-22(3)10-11-24(39-27(34)31-16-14-30(5)15-17-31)29(4,36)13-12-23(32)18-25(33)40-26/h7-11,20,22-24,26,32,36H,12-19H2,1-6H3/b8-7+,11-10+,21-9+/t20-,22-,23-,24-,26+,29-/m0/s1. The third kappa shape index (κ3) is 10.9. The van der Waals surface area contributed by atoms with Crippen molar-refractivity contribution >= 4 is 18.2 Å². The molecular weight excluding hydrogens is 520 g/mol. The Morgan fingerprint density at radius 2 is 1.93 bits per heavy atom. The summed E-state index contributed by atoms with van der Waals surface area (Å²) in [6.07, 6.45) is 4.98. The van der Waals surface area contributed by atoms with E-state index in [0.717, 1.165) is 18.7 Å². The van der Waals surface area contributed by atoms with Gasteiger partial charge in [0.05, 0.1) is 19.6 Å². The summed E-state index contributed by atoms with van der Waals surface area (Å²) in [6, 6.07) is 0. The number of aliphatic hydroxyl groups excluding tert-OH is 1. The second-order valence-corrected chi connectivity index (χ2v) is 11.0. The van der Waals surface area contributed by atoms with Crippen molar-refractivity contribution in [3.05, 3.63) is 36.0 Å². The molecule has 2 aliphatic rings. The number of ether oxygens (including phenoxy) is 4. The number of amides is 1. The number of nitrogens with zero attached hydrogens (tertiary/aromatic N) is 2. The number of allylic oxidation sites excluding steroid dienone is 2. The monoisotopic (exact) mass is 566 g/mol. The highest BCUT2D eigenvalue weighted by atomic mass is 16.7. The predicted octanol–water partition coefficient (Wildman–Crippen LogP) is 3.06. The molecule has 0 aromatic rings. The summed E-state index contributed by atoms with van der Waals surface area (Å²) in [4.78, 5) is 40.5. The summed E-state index contributed by atoms with van der Waals surface area (Å²) >= 11 is 0. The fraction of sp³-hybridized carbons (Fsp3) is 0.690. The molecule has 0 aliphatic carbocycles. The zero-order valence-corrected chi connectivity index (χ0v) is 24.6. The van der Waals surface area contributed by atoms with E-state index in [0.29, 0.717) is 13.1 Å². The molecule has 0 aromatic carbocycles. The van der Waals surface area contributed by atoms with Gasteiger partial charge in [-0.25, -0.2) is 9.59 Å². The van der Waals surface area contributed by atoms with Crippen molar-refractivity contribution < 1.29 is 43.5 Å². The molecule has 2 aliphatic heterocycles. The number of methoxy groups -OCH3 is 1. The zero-order chi connectivity index (χ0) is 29.9. The second kappa shape index (κ2) is 15.8. The molecule has 2 heterocycles. The molecule has 11 heteroatoms. The van der Waals surface area contributed by atoms with E-state index in [4.69, 9.17) is 14.2 Å². The lowest BCUT2D eigenvalue weighted by atomic mass is 9.89. The first-order chi connectivity index (χ1) is 18.8. The van der Waals surface area contributed by atoms with E-state index in [9.17, 15) is 24.6 Å². The van der Waals surface area contributed by atoms with E-state index >= 15 is 0 Å². The maximum absolute atomic E-state index is 12.9. The van der Waals surface area contributed by atoms with Gasteiger partial charge in [-0.2, -0.15) is 0 Å².